The predicted octanol–water partition coefficient (Wildman–Crippen LogP) is 4.34. The Morgan fingerprint density at radius 2 is 1.80 bits per heavy atom. The molecule has 2 aromatic carbocycles. The molecule has 0 N–H and O–H groups in total. The molecule has 1 fully saturated rings. The summed E-state index contributed by atoms with van der Waals surface area (Å²) in [5.74, 6) is 0.989. The summed E-state index contributed by atoms with van der Waals surface area (Å²) in [6, 6.07) is 14.0. The maximum Gasteiger partial charge on any atom is 0.258 e. The molecule has 30 heavy (non-hydrogen) atoms. The van der Waals surface area contributed by atoms with E-state index >= 15 is 0 Å². The number of aryl methyl sites for hydroxylation is 3. The molecule has 0 unspecified atom stereocenters. The number of nitrogens with zero attached hydrogens (tertiary/aromatic N) is 3. The minimum Gasteiger partial charge on any atom is -0.490 e. The number of ether oxygens (including phenoxy) is 1. The lowest BCUT2D eigenvalue weighted by Crippen LogP contribution is -2.38. The van der Waals surface area contributed by atoms with Crippen LogP contribution in [0.3, 0.4) is 0 Å². The average Bonchev–Trinajstić information content (AvgIpc) is 2.68. The molecule has 6 heteroatoms. The van der Waals surface area contributed by atoms with E-state index in [1.165, 1.54) is 12.1 Å². The summed E-state index contributed by atoms with van der Waals surface area (Å²) in [5, 5.41) is 0. The van der Waals surface area contributed by atoms with E-state index in [4.69, 9.17) is 4.74 Å². The smallest absolute Gasteiger partial charge is 0.258 e. The van der Waals surface area contributed by atoms with Crippen LogP contribution in [0.25, 0.3) is 5.69 Å². The zero-order chi connectivity index (χ0) is 21.3. The molecular weight excluding hydrogens is 381 g/mol. The fourth-order valence-corrected chi connectivity index (χ4v) is 4.14. The molecule has 4 rings (SSSR count). The molecule has 1 aromatic heterocycles. The lowest BCUT2D eigenvalue weighted by atomic mass is 10.0. The van der Waals surface area contributed by atoms with Gasteiger partial charge in [-0.1, -0.05) is 6.07 Å². The zero-order valence-corrected chi connectivity index (χ0v) is 17.6. The Hall–Kier alpha value is -3.15. The van der Waals surface area contributed by atoms with Crippen LogP contribution in [-0.2, 0) is 0 Å². The third-order valence-electron chi connectivity index (χ3n) is 5.53. The number of anilines is 1. The molecule has 0 spiro atoms. The van der Waals surface area contributed by atoms with E-state index in [2.05, 4.69) is 22.9 Å². The van der Waals surface area contributed by atoms with E-state index in [0.717, 1.165) is 48.6 Å². The number of hydrogen-bond acceptors (Lipinski definition) is 4. The number of piperidine rings is 1. The Kier molecular flexibility index (Phi) is 5.57. The van der Waals surface area contributed by atoms with Crippen molar-refractivity contribution < 1.29 is 9.13 Å². The standard InChI is InChI=1S/C24H26FN3O2/c1-16-13-20(28-18(3)26-17(2)14-24(28)29)7-8-23(16)27-11-9-21(10-12-27)30-22-6-4-5-19(25)15-22/h4-8,13-15,21H,9-12H2,1-3H3. The van der Waals surface area contributed by atoms with Gasteiger partial charge in [0.2, 0.25) is 0 Å². The van der Waals surface area contributed by atoms with Gasteiger partial charge in [0.1, 0.15) is 23.5 Å². The van der Waals surface area contributed by atoms with Crippen molar-refractivity contribution in [2.75, 3.05) is 18.0 Å². The Labute approximate surface area is 175 Å². The van der Waals surface area contributed by atoms with Gasteiger partial charge in [-0.25, -0.2) is 9.37 Å². The second-order valence-corrected chi connectivity index (χ2v) is 7.85. The van der Waals surface area contributed by atoms with Crippen LogP contribution >= 0.6 is 0 Å². The van der Waals surface area contributed by atoms with Gasteiger partial charge in [0.25, 0.3) is 5.56 Å². The second-order valence-electron chi connectivity index (χ2n) is 7.85. The first kappa shape index (κ1) is 20.1. The molecule has 0 aliphatic carbocycles. The highest BCUT2D eigenvalue weighted by Crippen LogP contribution is 2.27. The minimum absolute atomic E-state index is 0.0672. The van der Waals surface area contributed by atoms with Crippen molar-refractivity contribution in [3.05, 3.63) is 81.8 Å². The molecule has 156 valence electrons. The van der Waals surface area contributed by atoms with Gasteiger partial charge >= 0.3 is 0 Å². The van der Waals surface area contributed by atoms with Crippen molar-refractivity contribution in [3.63, 3.8) is 0 Å². The van der Waals surface area contributed by atoms with E-state index in [-0.39, 0.29) is 17.5 Å². The van der Waals surface area contributed by atoms with Gasteiger partial charge in [-0.05, 0) is 56.7 Å². The van der Waals surface area contributed by atoms with Crippen LogP contribution in [0.2, 0.25) is 0 Å². The van der Waals surface area contributed by atoms with Crippen LogP contribution in [-0.4, -0.2) is 28.7 Å². The Morgan fingerprint density at radius 1 is 1.03 bits per heavy atom. The third-order valence-corrected chi connectivity index (χ3v) is 5.53. The molecular formula is C24H26FN3O2. The molecule has 2 heterocycles. The van der Waals surface area contributed by atoms with E-state index in [1.807, 2.05) is 26.0 Å². The lowest BCUT2D eigenvalue weighted by molar-refractivity contribution is 0.170. The predicted molar refractivity (Wildman–Crippen MR) is 116 cm³/mol. The van der Waals surface area contributed by atoms with Crippen LogP contribution in [0.15, 0.2) is 53.3 Å². The number of halogens is 1. The molecule has 1 aliphatic heterocycles. The summed E-state index contributed by atoms with van der Waals surface area (Å²) in [6.07, 6.45) is 1.83. The SMILES string of the molecule is Cc1cc(=O)n(-c2ccc(N3CCC(Oc4cccc(F)c4)CC3)c(C)c2)c(C)n1. The van der Waals surface area contributed by atoms with Crippen molar-refractivity contribution in [3.8, 4) is 11.4 Å². The fraction of sp³-hybridized carbons (Fsp3) is 0.333. The minimum atomic E-state index is -0.279. The summed E-state index contributed by atoms with van der Waals surface area (Å²) in [6.45, 7) is 7.47. The van der Waals surface area contributed by atoms with E-state index in [0.29, 0.717) is 11.6 Å². The first-order valence-corrected chi connectivity index (χ1v) is 10.3. The van der Waals surface area contributed by atoms with Crippen LogP contribution in [0.1, 0.15) is 29.9 Å². The van der Waals surface area contributed by atoms with Crippen molar-refractivity contribution in [1.29, 1.82) is 0 Å². The van der Waals surface area contributed by atoms with Gasteiger partial charge in [-0.3, -0.25) is 9.36 Å². The zero-order valence-electron chi connectivity index (χ0n) is 17.6. The first-order valence-electron chi connectivity index (χ1n) is 10.3. The van der Waals surface area contributed by atoms with Crippen LogP contribution in [0.4, 0.5) is 10.1 Å². The molecule has 5 nitrogen and oxygen atoms in total. The molecule has 0 amide bonds. The van der Waals surface area contributed by atoms with Crippen LogP contribution in [0.5, 0.6) is 5.75 Å². The number of hydrogen-bond donors (Lipinski definition) is 0. The number of aromatic nitrogens is 2. The van der Waals surface area contributed by atoms with Gasteiger partial charge in [-0.2, -0.15) is 0 Å². The average molecular weight is 407 g/mol. The topological polar surface area (TPSA) is 47.4 Å². The van der Waals surface area contributed by atoms with E-state index < -0.39 is 0 Å². The van der Waals surface area contributed by atoms with Gasteiger partial charge < -0.3 is 9.64 Å². The largest absolute Gasteiger partial charge is 0.490 e. The Morgan fingerprint density at radius 3 is 2.47 bits per heavy atom. The summed E-state index contributed by atoms with van der Waals surface area (Å²) < 4.78 is 21.0. The summed E-state index contributed by atoms with van der Waals surface area (Å²) in [5.41, 5.74) is 3.76. The van der Waals surface area contributed by atoms with Gasteiger partial charge in [-0.15, -0.1) is 0 Å². The molecule has 3 aromatic rings. The quantitative estimate of drug-likeness (QED) is 0.645. The van der Waals surface area contributed by atoms with Crippen molar-refractivity contribution in [2.24, 2.45) is 0 Å². The maximum absolute atomic E-state index is 13.4. The number of benzene rings is 2. The van der Waals surface area contributed by atoms with E-state index in [9.17, 15) is 9.18 Å². The second kappa shape index (κ2) is 8.30. The molecule has 0 saturated carbocycles. The van der Waals surface area contributed by atoms with E-state index in [1.54, 1.807) is 22.8 Å². The van der Waals surface area contributed by atoms with Crippen LogP contribution < -0.4 is 15.2 Å². The molecule has 0 bridgehead atoms. The molecule has 1 saturated heterocycles. The van der Waals surface area contributed by atoms with Gasteiger partial charge in [0, 0.05) is 49.4 Å². The van der Waals surface area contributed by atoms with Crippen molar-refractivity contribution in [1.82, 2.24) is 9.55 Å². The molecule has 0 atom stereocenters. The summed E-state index contributed by atoms with van der Waals surface area (Å²) in [7, 11) is 0. The fourth-order valence-electron chi connectivity index (χ4n) is 4.14. The summed E-state index contributed by atoms with van der Waals surface area (Å²) in [4.78, 5) is 19.2. The summed E-state index contributed by atoms with van der Waals surface area (Å²) >= 11 is 0. The van der Waals surface area contributed by atoms with Crippen molar-refractivity contribution in [2.45, 2.75) is 39.7 Å². The molecule has 0 radical (unpaired) electrons. The highest BCUT2D eigenvalue weighted by atomic mass is 19.1. The number of rotatable bonds is 4. The lowest BCUT2D eigenvalue weighted by Gasteiger charge is -2.34. The van der Waals surface area contributed by atoms with Crippen molar-refractivity contribution >= 4 is 5.69 Å². The first-order chi connectivity index (χ1) is 14.4. The maximum atomic E-state index is 13.4. The van der Waals surface area contributed by atoms with Gasteiger partial charge in [0.15, 0.2) is 0 Å². The highest BCUT2D eigenvalue weighted by Gasteiger charge is 2.22. The van der Waals surface area contributed by atoms with Crippen LogP contribution in [0, 0.1) is 26.6 Å². The monoisotopic (exact) mass is 407 g/mol. The highest BCUT2D eigenvalue weighted by molar-refractivity contribution is 5.57. The normalized spacial score (nSPS) is 14.7. The molecule has 1 aliphatic rings. The Balaban J connectivity index is 1.47. The Bertz CT molecular complexity index is 1120. The van der Waals surface area contributed by atoms with Gasteiger partial charge in [0.05, 0.1) is 5.69 Å². The third kappa shape index (κ3) is 4.22.